The third-order valence-corrected chi connectivity index (χ3v) is 6.03. The predicted molar refractivity (Wildman–Crippen MR) is 108 cm³/mol. The van der Waals surface area contributed by atoms with E-state index in [1.807, 2.05) is 0 Å². The lowest BCUT2D eigenvalue weighted by atomic mass is 10.1. The Hall–Kier alpha value is -1.07. The van der Waals surface area contributed by atoms with Crippen molar-refractivity contribution >= 4 is 27.6 Å². The number of rotatable bonds is 6. The highest BCUT2D eigenvalue weighted by molar-refractivity contribution is 7.56. The van der Waals surface area contributed by atoms with E-state index in [1.165, 1.54) is 22.3 Å². The zero-order valence-electron chi connectivity index (χ0n) is 13.8. The molecule has 0 saturated carbocycles. The van der Waals surface area contributed by atoms with Crippen molar-refractivity contribution < 1.29 is 0 Å². The van der Waals surface area contributed by atoms with Crippen molar-refractivity contribution in [2.75, 3.05) is 0 Å². The molecule has 22 heavy (non-hydrogen) atoms. The number of aryl methyl sites for hydroxylation is 4. The molecular weight excluding hydrogens is 282 g/mol. The molecule has 0 heterocycles. The van der Waals surface area contributed by atoms with Crippen molar-refractivity contribution in [2.24, 2.45) is 0 Å². The van der Waals surface area contributed by atoms with E-state index in [2.05, 4.69) is 64.1 Å². The van der Waals surface area contributed by atoms with E-state index in [1.54, 1.807) is 10.6 Å². The first-order chi connectivity index (χ1) is 10.2. The van der Waals surface area contributed by atoms with Gasteiger partial charge in [0.25, 0.3) is 0 Å². The fourth-order valence-corrected chi connectivity index (χ4v) is 4.86. The molecule has 2 aromatic rings. The van der Waals surface area contributed by atoms with E-state index in [0.29, 0.717) is 0 Å². The van der Waals surface area contributed by atoms with Gasteiger partial charge in [0.05, 0.1) is 8.41 Å². The predicted octanol–water partition coefficient (Wildman–Crippen LogP) is 3.38. The summed E-state index contributed by atoms with van der Waals surface area (Å²) in [5.41, 5.74) is 6.11. The molecule has 0 aliphatic heterocycles. The van der Waals surface area contributed by atoms with Gasteiger partial charge in [-0.25, -0.2) is 0 Å². The van der Waals surface area contributed by atoms with Gasteiger partial charge in [-0.3, -0.25) is 0 Å². The fourth-order valence-electron chi connectivity index (χ4n) is 2.93. The second-order valence-electron chi connectivity index (χ2n) is 5.44. The molecular formula is C20H30BP. The minimum absolute atomic E-state index is 0. The van der Waals surface area contributed by atoms with E-state index in [4.69, 9.17) is 0 Å². The molecule has 0 unspecified atom stereocenters. The van der Waals surface area contributed by atoms with Gasteiger partial charge in [-0.15, -0.1) is 0 Å². The van der Waals surface area contributed by atoms with Gasteiger partial charge in [-0.1, -0.05) is 72.7 Å². The van der Waals surface area contributed by atoms with Crippen LogP contribution in [-0.4, -0.2) is 8.41 Å². The number of hydrogen-bond donors (Lipinski definition) is 0. The first-order valence-electron chi connectivity index (χ1n) is 8.23. The largest absolute Gasteiger partial charge is 0.0814 e. The van der Waals surface area contributed by atoms with Crippen molar-refractivity contribution in [1.82, 2.24) is 0 Å². The van der Waals surface area contributed by atoms with Crippen LogP contribution >= 0.6 is 8.58 Å². The molecule has 0 amide bonds. The molecule has 0 aliphatic rings. The maximum atomic E-state index is 2.31. The van der Waals surface area contributed by atoms with Gasteiger partial charge in [-0.2, -0.15) is 0 Å². The second kappa shape index (κ2) is 9.16. The minimum atomic E-state index is 0. The summed E-state index contributed by atoms with van der Waals surface area (Å²) >= 11 is 0. The van der Waals surface area contributed by atoms with E-state index in [0.717, 1.165) is 34.3 Å². The van der Waals surface area contributed by atoms with Crippen LogP contribution in [0, 0.1) is 0 Å². The summed E-state index contributed by atoms with van der Waals surface area (Å²) in [7, 11) is 0.799. The van der Waals surface area contributed by atoms with Crippen LogP contribution < -0.4 is 10.6 Å². The summed E-state index contributed by atoms with van der Waals surface area (Å²) in [6, 6.07) is 13.7. The molecule has 0 bridgehead atoms. The van der Waals surface area contributed by atoms with Crippen molar-refractivity contribution in [3.05, 3.63) is 58.7 Å². The zero-order chi connectivity index (χ0) is 15.2. The Morgan fingerprint density at radius 2 is 0.864 bits per heavy atom. The lowest BCUT2D eigenvalue weighted by molar-refractivity contribution is 1.10. The number of benzene rings is 2. The lowest BCUT2D eigenvalue weighted by Gasteiger charge is -2.18. The summed E-state index contributed by atoms with van der Waals surface area (Å²) in [4.78, 5) is 0. The van der Waals surface area contributed by atoms with Crippen molar-refractivity contribution in [2.45, 2.75) is 53.4 Å². The van der Waals surface area contributed by atoms with E-state index >= 15 is 0 Å². The fraction of sp³-hybridized carbons (Fsp3) is 0.400. The maximum Gasteiger partial charge on any atom is 0.0814 e. The van der Waals surface area contributed by atoms with Gasteiger partial charge in [0.15, 0.2) is 0 Å². The van der Waals surface area contributed by atoms with Gasteiger partial charge < -0.3 is 0 Å². The highest BCUT2D eigenvalue weighted by Crippen LogP contribution is 2.23. The van der Waals surface area contributed by atoms with Gasteiger partial charge in [0.2, 0.25) is 0 Å². The molecule has 0 saturated heterocycles. The molecule has 0 aromatic heterocycles. The Labute approximate surface area is 140 Å². The first kappa shape index (κ1) is 19.0. The Morgan fingerprint density at radius 1 is 0.591 bits per heavy atom. The summed E-state index contributed by atoms with van der Waals surface area (Å²) in [6.07, 6.45) is 4.52. The SMILES string of the molecule is B.CCc1cccc(CC)c1Pc1c(CC)cccc1CC. The Bertz CT molecular complexity index is 507. The average molecular weight is 312 g/mol. The van der Waals surface area contributed by atoms with Crippen LogP contribution in [0.3, 0.4) is 0 Å². The molecule has 118 valence electrons. The van der Waals surface area contributed by atoms with Gasteiger partial charge in [-0.05, 0) is 58.5 Å². The van der Waals surface area contributed by atoms with Crippen LogP contribution in [0.2, 0.25) is 0 Å². The molecule has 2 heteroatoms. The Morgan fingerprint density at radius 3 is 1.09 bits per heavy atom. The maximum absolute atomic E-state index is 2.31. The van der Waals surface area contributed by atoms with Crippen molar-refractivity contribution in [1.29, 1.82) is 0 Å². The molecule has 0 atom stereocenters. The standard InChI is InChI=1S/C20H27P.BH3/c1-5-15-11-9-12-16(6-2)19(15)21-20-17(7-3)13-10-14-18(20)8-4;/h9-14,21H,5-8H2,1-4H3;1H3. The van der Waals surface area contributed by atoms with Crippen LogP contribution in [0.1, 0.15) is 49.9 Å². The molecule has 0 N–H and O–H groups in total. The minimum Gasteiger partial charge on any atom is -0.0617 e. The molecule has 0 spiro atoms. The smallest absolute Gasteiger partial charge is 0.0617 e. The first-order valence-corrected chi connectivity index (χ1v) is 9.23. The normalized spacial score (nSPS) is 10.4. The number of hydrogen-bond acceptors (Lipinski definition) is 0. The monoisotopic (exact) mass is 312 g/mol. The van der Waals surface area contributed by atoms with Crippen LogP contribution in [0.4, 0.5) is 0 Å². The third-order valence-electron chi connectivity index (χ3n) is 4.25. The van der Waals surface area contributed by atoms with Crippen molar-refractivity contribution in [3.63, 3.8) is 0 Å². The van der Waals surface area contributed by atoms with Crippen LogP contribution in [0.25, 0.3) is 0 Å². The molecule has 0 fully saturated rings. The highest BCUT2D eigenvalue weighted by atomic mass is 31.1. The van der Waals surface area contributed by atoms with Crippen LogP contribution in [0.5, 0.6) is 0 Å². The summed E-state index contributed by atoms with van der Waals surface area (Å²) in [5, 5.41) is 3.19. The zero-order valence-corrected chi connectivity index (χ0v) is 14.8. The molecule has 0 aliphatic carbocycles. The molecule has 0 nitrogen and oxygen atoms in total. The molecule has 0 radical (unpaired) electrons. The van der Waals surface area contributed by atoms with Gasteiger partial charge in [0, 0.05) is 0 Å². The lowest BCUT2D eigenvalue weighted by Crippen LogP contribution is -2.18. The quantitative estimate of drug-likeness (QED) is 0.567. The summed E-state index contributed by atoms with van der Waals surface area (Å²) in [5.74, 6) is 0. The van der Waals surface area contributed by atoms with Crippen LogP contribution in [-0.2, 0) is 25.7 Å². The highest BCUT2D eigenvalue weighted by Gasteiger charge is 2.12. The van der Waals surface area contributed by atoms with Gasteiger partial charge >= 0.3 is 0 Å². The molecule has 2 aromatic carbocycles. The van der Waals surface area contributed by atoms with Gasteiger partial charge in [0.1, 0.15) is 0 Å². The summed E-state index contributed by atoms with van der Waals surface area (Å²) in [6.45, 7) is 9.09. The average Bonchev–Trinajstić information content (AvgIpc) is 2.55. The van der Waals surface area contributed by atoms with Crippen LogP contribution in [0.15, 0.2) is 36.4 Å². The topological polar surface area (TPSA) is 0 Å². The third kappa shape index (κ3) is 4.02. The Balaban J connectivity index is 0.00000242. The second-order valence-corrected chi connectivity index (χ2v) is 6.69. The summed E-state index contributed by atoms with van der Waals surface area (Å²) < 4.78 is 0. The molecule has 2 rings (SSSR count). The van der Waals surface area contributed by atoms with E-state index < -0.39 is 0 Å². The Kier molecular flexibility index (Phi) is 7.90. The van der Waals surface area contributed by atoms with E-state index in [-0.39, 0.29) is 8.41 Å². The van der Waals surface area contributed by atoms with E-state index in [9.17, 15) is 0 Å². The van der Waals surface area contributed by atoms with Crippen molar-refractivity contribution in [3.8, 4) is 0 Å².